The van der Waals surface area contributed by atoms with E-state index in [1.54, 1.807) is 41.3 Å². The molecule has 1 amide bonds. The van der Waals surface area contributed by atoms with Gasteiger partial charge in [0.25, 0.3) is 5.91 Å². The fourth-order valence-corrected chi connectivity index (χ4v) is 5.51. The Balaban J connectivity index is 1.43. The Bertz CT molecular complexity index is 1460. The smallest absolute Gasteiger partial charge is 0.261 e. The van der Waals surface area contributed by atoms with Crippen LogP contribution in [0.15, 0.2) is 52.9 Å². The summed E-state index contributed by atoms with van der Waals surface area (Å²) in [5, 5.41) is 16.8. The Kier molecular flexibility index (Phi) is 7.13. The van der Waals surface area contributed by atoms with Crippen LogP contribution >= 0.6 is 11.6 Å². The number of carbonyl (C=O) groups excluding carboxylic acids is 3. The molecule has 2 unspecified atom stereocenters. The van der Waals surface area contributed by atoms with Gasteiger partial charge in [0.2, 0.25) is 11.6 Å². The molecule has 0 spiro atoms. The number of nitrogens with zero attached hydrogens (tertiary/aromatic N) is 1. The first-order valence-corrected chi connectivity index (χ1v) is 13.4. The molecule has 2 aliphatic rings. The lowest BCUT2D eigenvalue weighted by molar-refractivity contribution is -0.146. The summed E-state index contributed by atoms with van der Waals surface area (Å²) in [6, 6.07) is 12.3. The van der Waals surface area contributed by atoms with Gasteiger partial charge >= 0.3 is 0 Å². The fraction of sp³-hybridized carbons (Fsp3) is 0.367. The minimum atomic E-state index is -0.861. The van der Waals surface area contributed by atoms with Gasteiger partial charge < -0.3 is 19.7 Å². The minimum absolute atomic E-state index is 0.217. The van der Waals surface area contributed by atoms with Crippen molar-refractivity contribution in [3.8, 4) is 0 Å². The Labute approximate surface area is 232 Å². The predicted molar refractivity (Wildman–Crippen MR) is 149 cm³/mol. The van der Waals surface area contributed by atoms with Crippen molar-refractivity contribution in [1.29, 1.82) is 0 Å². The van der Waals surface area contributed by atoms with E-state index >= 15 is 0 Å². The Morgan fingerprint density at radius 2 is 1.77 bits per heavy atom. The number of fused-ring (bicyclic) bond motifs is 1. The molecule has 9 heteroatoms. The van der Waals surface area contributed by atoms with Crippen LogP contribution in [0.3, 0.4) is 0 Å². The second-order valence-corrected chi connectivity index (χ2v) is 11.5. The third-order valence-corrected chi connectivity index (χ3v) is 7.82. The summed E-state index contributed by atoms with van der Waals surface area (Å²) in [5.74, 6) is 0.180. The molecule has 204 valence electrons. The second kappa shape index (κ2) is 10.3. The van der Waals surface area contributed by atoms with Crippen molar-refractivity contribution in [2.24, 2.45) is 5.41 Å². The number of hydrogen-bond donors (Lipinski definition) is 3. The largest absolute Gasteiger partial charge is 0.464 e. The quantitative estimate of drug-likeness (QED) is 0.345. The van der Waals surface area contributed by atoms with Gasteiger partial charge in [0.1, 0.15) is 23.6 Å². The number of carbonyl (C=O) groups is 3. The average Bonchev–Trinajstić information content (AvgIpc) is 3.53. The zero-order valence-corrected chi connectivity index (χ0v) is 23.1. The maximum absolute atomic E-state index is 13.6. The number of Topliss-reactive ketones (excluding diaryl/α,β-unsaturated/α-hetero) is 2. The highest BCUT2D eigenvalue weighted by Crippen LogP contribution is 2.40. The molecule has 3 N–H and O–H groups in total. The maximum atomic E-state index is 13.6. The molecular formula is C30H32ClN3O5. The summed E-state index contributed by atoms with van der Waals surface area (Å²) < 4.78 is 6.01. The van der Waals surface area contributed by atoms with Crippen molar-refractivity contribution in [2.45, 2.75) is 65.4 Å². The number of furan rings is 1. The SMILES string of the molecule is CCc1ccc([C@H](NC2C(=O)C(=O)C2Nc2ccc(Cl)c3c2C(=O)N(c2ccccc2CO)C3)C(C)(C)C)o1. The number of aliphatic hydroxyl groups excluding tert-OH is 1. The molecule has 1 aliphatic heterocycles. The molecular weight excluding hydrogens is 518 g/mol. The number of ketones is 2. The van der Waals surface area contributed by atoms with Gasteiger partial charge in [0.15, 0.2) is 0 Å². The van der Waals surface area contributed by atoms with Crippen LogP contribution in [0.25, 0.3) is 0 Å². The molecule has 1 aromatic heterocycles. The average molecular weight is 550 g/mol. The van der Waals surface area contributed by atoms with E-state index in [0.29, 0.717) is 38.8 Å². The van der Waals surface area contributed by atoms with Crippen molar-refractivity contribution in [1.82, 2.24) is 5.32 Å². The van der Waals surface area contributed by atoms with E-state index in [-0.39, 0.29) is 30.5 Å². The molecule has 1 fully saturated rings. The number of anilines is 2. The summed E-state index contributed by atoms with van der Waals surface area (Å²) in [5.41, 5.74) is 2.30. The molecule has 3 aromatic rings. The number of aryl methyl sites for hydroxylation is 1. The fourth-order valence-electron chi connectivity index (χ4n) is 5.29. The number of rotatable bonds is 8. The molecule has 1 saturated carbocycles. The molecule has 2 heterocycles. The zero-order chi connectivity index (χ0) is 28.1. The third-order valence-electron chi connectivity index (χ3n) is 7.46. The molecule has 3 atom stereocenters. The van der Waals surface area contributed by atoms with Crippen LogP contribution in [-0.4, -0.2) is 34.7 Å². The molecule has 2 aromatic carbocycles. The monoisotopic (exact) mass is 549 g/mol. The molecule has 0 saturated heterocycles. The first kappa shape index (κ1) is 27.1. The Morgan fingerprint density at radius 1 is 1.05 bits per heavy atom. The minimum Gasteiger partial charge on any atom is -0.464 e. The van der Waals surface area contributed by atoms with Gasteiger partial charge in [-0.2, -0.15) is 0 Å². The van der Waals surface area contributed by atoms with E-state index in [1.807, 2.05) is 39.8 Å². The highest BCUT2D eigenvalue weighted by Gasteiger charge is 2.51. The van der Waals surface area contributed by atoms with Crippen LogP contribution in [0, 0.1) is 5.41 Å². The number of amides is 1. The van der Waals surface area contributed by atoms with Gasteiger partial charge in [-0.05, 0) is 35.7 Å². The number of benzene rings is 2. The molecule has 0 bridgehead atoms. The van der Waals surface area contributed by atoms with Gasteiger partial charge in [-0.25, -0.2) is 0 Å². The standard InChI is InChI=1S/C30H32ClN3O5/c1-5-17-10-13-22(39-17)28(30(2,3)4)33-25-24(26(36)27(25)37)32-20-12-11-19(31)18-14-34(29(38)23(18)20)21-9-7-6-8-16(21)15-35/h6-13,24-25,28,32-33,35H,5,14-15H2,1-4H3/t24?,25?,28-/m0/s1. The van der Waals surface area contributed by atoms with Crippen LogP contribution in [-0.2, 0) is 29.2 Å². The van der Waals surface area contributed by atoms with Crippen LogP contribution in [0.4, 0.5) is 11.4 Å². The maximum Gasteiger partial charge on any atom is 0.261 e. The van der Waals surface area contributed by atoms with E-state index < -0.39 is 23.7 Å². The summed E-state index contributed by atoms with van der Waals surface area (Å²) in [6.07, 6.45) is 0.747. The topological polar surface area (TPSA) is 112 Å². The number of halogens is 1. The van der Waals surface area contributed by atoms with Crippen LogP contribution in [0.5, 0.6) is 0 Å². The summed E-state index contributed by atoms with van der Waals surface area (Å²) in [6.45, 7) is 8.13. The first-order valence-electron chi connectivity index (χ1n) is 13.1. The lowest BCUT2D eigenvalue weighted by Crippen LogP contribution is -2.68. The highest BCUT2D eigenvalue weighted by atomic mass is 35.5. The molecule has 39 heavy (non-hydrogen) atoms. The highest BCUT2D eigenvalue weighted by molar-refractivity contribution is 6.49. The Morgan fingerprint density at radius 3 is 2.44 bits per heavy atom. The van der Waals surface area contributed by atoms with Crippen LogP contribution < -0.4 is 15.5 Å². The van der Waals surface area contributed by atoms with E-state index in [2.05, 4.69) is 10.6 Å². The first-order chi connectivity index (χ1) is 18.5. The van der Waals surface area contributed by atoms with Crippen molar-refractivity contribution >= 4 is 40.4 Å². The molecule has 8 nitrogen and oxygen atoms in total. The number of aliphatic hydroxyl groups is 1. The zero-order valence-electron chi connectivity index (χ0n) is 22.4. The summed E-state index contributed by atoms with van der Waals surface area (Å²) in [4.78, 5) is 40.8. The number of nitrogens with one attached hydrogen (secondary N) is 2. The lowest BCUT2D eigenvalue weighted by Gasteiger charge is -2.40. The third kappa shape index (κ3) is 4.77. The van der Waals surface area contributed by atoms with Crippen LogP contribution in [0.2, 0.25) is 5.02 Å². The normalized spacial score (nSPS) is 19.7. The van der Waals surface area contributed by atoms with Gasteiger partial charge in [-0.15, -0.1) is 0 Å². The van der Waals surface area contributed by atoms with E-state index in [9.17, 15) is 19.5 Å². The summed E-state index contributed by atoms with van der Waals surface area (Å²) in [7, 11) is 0. The predicted octanol–water partition coefficient (Wildman–Crippen LogP) is 4.83. The number of para-hydroxylation sites is 1. The van der Waals surface area contributed by atoms with E-state index in [4.69, 9.17) is 16.0 Å². The van der Waals surface area contributed by atoms with E-state index in [1.165, 1.54) is 0 Å². The van der Waals surface area contributed by atoms with Crippen molar-refractivity contribution in [3.63, 3.8) is 0 Å². The molecule has 5 rings (SSSR count). The second-order valence-electron chi connectivity index (χ2n) is 11.1. The Hall–Kier alpha value is -3.46. The van der Waals surface area contributed by atoms with E-state index in [0.717, 1.165) is 12.2 Å². The van der Waals surface area contributed by atoms with Crippen molar-refractivity contribution < 1.29 is 23.9 Å². The van der Waals surface area contributed by atoms with Gasteiger partial charge in [0.05, 0.1) is 24.8 Å². The number of hydrogen-bond acceptors (Lipinski definition) is 7. The van der Waals surface area contributed by atoms with Gasteiger partial charge in [-0.3, -0.25) is 19.7 Å². The van der Waals surface area contributed by atoms with Crippen molar-refractivity contribution in [3.05, 3.63) is 81.8 Å². The molecule has 1 aliphatic carbocycles. The summed E-state index contributed by atoms with van der Waals surface area (Å²) >= 11 is 6.50. The van der Waals surface area contributed by atoms with Gasteiger partial charge in [-0.1, -0.05) is 57.5 Å². The lowest BCUT2D eigenvalue weighted by atomic mass is 9.78. The molecule has 0 radical (unpaired) electrons. The van der Waals surface area contributed by atoms with Crippen LogP contribution in [0.1, 0.15) is 66.7 Å². The van der Waals surface area contributed by atoms with Gasteiger partial charge in [0, 0.05) is 33.9 Å². The van der Waals surface area contributed by atoms with Crippen molar-refractivity contribution in [2.75, 3.05) is 10.2 Å².